The molecule has 0 aliphatic heterocycles. The average molecular weight is 232 g/mol. The zero-order valence-corrected chi connectivity index (χ0v) is 10.4. The maximum absolute atomic E-state index is 11.5. The molecule has 1 amide bonds. The number of carbonyl (C=O) groups excluding carboxylic acids is 1. The van der Waals surface area contributed by atoms with Gasteiger partial charge in [-0.1, -0.05) is 0 Å². The van der Waals surface area contributed by atoms with E-state index >= 15 is 0 Å². The van der Waals surface area contributed by atoms with Gasteiger partial charge in [-0.3, -0.25) is 4.79 Å². The minimum Gasteiger partial charge on any atom is -0.480 e. The van der Waals surface area contributed by atoms with Crippen LogP contribution in [-0.2, 0) is 9.53 Å². The lowest BCUT2D eigenvalue weighted by Gasteiger charge is -2.26. The van der Waals surface area contributed by atoms with Gasteiger partial charge in [0.1, 0.15) is 11.6 Å². The zero-order valence-electron chi connectivity index (χ0n) is 10.4. The summed E-state index contributed by atoms with van der Waals surface area (Å²) >= 11 is 0. The number of likely N-dealkylation sites (N-methyl/N-ethyl adjacent to an activating group) is 2. The quantitative estimate of drug-likeness (QED) is 0.739. The maximum atomic E-state index is 11.5. The van der Waals surface area contributed by atoms with Gasteiger partial charge in [0.15, 0.2) is 0 Å². The Morgan fingerprint density at radius 2 is 1.94 bits per heavy atom. The Morgan fingerprint density at radius 3 is 2.25 bits per heavy atom. The Bertz CT molecular complexity index is 260. The van der Waals surface area contributed by atoms with Crippen molar-refractivity contribution in [1.29, 1.82) is 0 Å². The molecule has 0 aromatic rings. The van der Waals surface area contributed by atoms with E-state index in [4.69, 9.17) is 9.84 Å². The first-order valence-corrected chi connectivity index (χ1v) is 5.01. The van der Waals surface area contributed by atoms with Gasteiger partial charge >= 0.3 is 12.1 Å². The molecule has 0 aromatic heterocycles. The third-order valence-electron chi connectivity index (χ3n) is 1.81. The summed E-state index contributed by atoms with van der Waals surface area (Å²) in [5.41, 5.74) is -0.580. The number of hydrogen-bond donors (Lipinski definition) is 2. The smallest absolute Gasteiger partial charge is 0.410 e. The first kappa shape index (κ1) is 14.7. The highest BCUT2D eigenvalue weighted by atomic mass is 16.6. The molecule has 0 aliphatic carbocycles. The van der Waals surface area contributed by atoms with Crippen LogP contribution in [0.1, 0.15) is 20.8 Å². The van der Waals surface area contributed by atoms with E-state index in [-0.39, 0.29) is 6.54 Å². The van der Waals surface area contributed by atoms with Crippen LogP contribution in [0.15, 0.2) is 0 Å². The largest absolute Gasteiger partial charge is 0.480 e. The van der Waals surface area contributed by atoms with Crippen LogP contribution in [0.5, 0.6) is 0 Å². The number of aliphatic carboxylic acids is 1. The topological polar surface area (TPSA) is 78.9 Å². The number of carboxylic acid groups (broad SMARTS) is 1. The second-order valence-corrected chi connectivity index (χ2v) is 4.54. The second-order valence-electron chi connectivity index (χ2n) is 4.54. The summed E-state index contributed by atoms with van der Waals surface area (Å²) in [5.74, 6) is -1.00. The van der Waals surface area contributed by atoms with Gasteiger partial charge < -0.3 is 20.1 Å². The summed E-state index contributed by atoms with van der Waals surface area (Å²) < 4.78 is 5.09. The third-order valence-corrected chi connectivity index (χ3v) is 1.81. The summed E-state index contributed by atoms with van der Waals surface area (Å²) in [6.45, 7) is 5.32. The molecule has 0 aromatic carbocycles. The summed E-state index contributed by atoms with van der Waals surface area (Å²) in [5, 5.41) is 11.4. The first-order chi connectivity index (χ1) is 7.17. The third kappa shape index (κ3) is 5.55. The number of carbonyl (C=O) groups is 2. The van der Waals surface area contributed by atoms with Gasteiger partial charge in [-0.05, 0) is 27.8 Å². The molecule has 0 rings (SSSR count). The SMILES string of the molecule is CN[C@@H](CN(C)C(=O)OC(C)(C)C)C(=O)O. The highest BCUT2D eigenvalue weighted by Crippen LogP contribution is 2.09. The van der Waals surface area contributed by atoms with Crippen LogP contribution < -0.4 is 5.32 Å². The Hall–Kier alpha value is -1.30. The summed E-state index contributed by atoms with van der Waals surface area (Å²) in [4.78, 5) is 23.5. The van der Waals surface area contributed by atoms with Gasteiger partial charge in [-0.2, -0.15) is 0 Å². The van der Waals surface area contributed by atoms with Gasteiger partial charge in [0, 0.05) is 13.6 Å². The van der Waals surface area contributed by atoms with E-state index in [1.54, 1.807) is 20.8 Å². The van der Waals surface area contributed by atoms with E-state index in [9.17, 15) is 9.59 Å². The Morgan fingerprint density at radius 1 is 1.44 bits per heavy atom. The molecule has 0 heterocycles. The molecule has 6 heteroatoms. The van der Waals surface area contributed by atoms with E-state index in [0.29, 0.717) is 0 Å². The van der Waals surface area contributed by atoms with Gasteiger partial charge in [0.05, 0.1) is 0 Å². The van der Waals surface area contributed by atoms with E-state index < -0.39 is 23.7 Å². The van der Waals surface area contributed by atoms with Crippen LogP contribution in [-0.4, -0.2) is 54.4 Å². The molecule has 2 N–H and O–H groups in total. The number of nitrogens with one attached hydrogen (secondary N) is 1. The number of amides is 1. The normalized spacial score (nSPS) is 13.1. The van der Waals surface area contributed by atoms with Crippen molar-refractivity contribution >= 4 is 12.1 Å². The Kier molecular flexibility index (Phi) is 5.23. The molecule has 0 radical (unpaired) electrons. The van der Waals surface area contributed by atoms with Crippen LogP contribution in [0.2, 0.25) is 0 Å². The van der Waals surface area contributed by atoms with Gasteiger partial charge in [0.25, 0.3) is 0 Å². The van der Waals surface area contributed by atoms with Crippen molar-refractivity contribution < 1.29 is 19.4 Å². The number of nitrogens with zero attached hydrogens (tertiary/aromatic N) is 1. The minimum atomic E-state index is -1.00. The fourth-order valence-corrected chi connectivity index (χ4v) is 0.981. The molecule has 0 unspecified atom stereocenters. The zero-order chi connectivity index (χ0) is 12.9. The predicted molar refractivity (Wildman–Crippen MR) is 59.3 cm³/mol. The standard InChI is InChI=1S/C10H20N2O4/c1-10(2,3)16-9(15)12(5)6-7(11-4)8(13)14/h7,11H,6H2,1-5H3,(H,13,14)/t7-/m0/s1. The van der Waals surface area contributed by atoms with Crippen molar-refractivity contribution in [1.82, 2.24) is 10.2 Å². The lowest BCUT2D eigenvalue weighted by atomic mass is 10.2. The van der Waals surface area contributed by atoms with Crippen LogP contribution in [0, 0.1) is 0 Å². The highest BCUT2D eigenvalue weighted by Gasteiger charge is 2.24. The van der Waals surface area contributed by atoms with Crippen molar-refractivity contribution in [3.63, 3.8) is 0 Å². The molecule has 0 aliphatic rings. The van der Waals surface area contributed by atoms with E-state index in [0.717, 1.165) is 0 Å². The van der Waals surface area contributed by atoms with Crippen molar-refractivity contribution in [2.24, 2.45) is 0 Å². The number of hydrogen-bond acceptors (Lipinski definition) is 4. The molecule has 0 fully saturated rings. The number of ether oxygens (including phenoxy) is 1. The maximum Gasteiger partial charge on any atom is 0.410 e. The lowest BCUT2D eigenvalue weighted by molar-refractivity contribution is -0.139. The van der Waals surface area contributed by atoms with Crippen molar-refractivity contribution in [3.05, 3.63) is 0 Å². The summed E-state index contributed by atoms with van der Waals surface area (Å²) in [6.07, 6.45) is -0.533. The van der Waals surface area contributed by atoms with Crippen molar-refractivity contribution in [2.75, 3.05) is 20.6 Å². The molecule has 0 spiro atoms. The molecule has 0 saturated heterocycles. The molecule has 16 heavy (non-hydrogen) atoms. The van der Waals surface area contributed by atoms with E-state index in [1.807, 2.05) is 0 Å². The fourth-order valence-electron chi connectivity index (χ4n) is 0.981. The molecular weight excluding hydrogens is 212 g/mol. The minimum absolute atomic E-state index is 0.0563. The first-order valence-electron chi connectivity index (χ1n) is 5.01. The molecular formula is C10H20N2O4. The van der Waals surface area contributed by atoms with E-state index in [2.05, 4.69) is 5.32 Å². The molecule has 1 atom stereocenters. The van der Waals surface area contributed by atoms with Crippen LogP contribution in [0.3, 0.4) is 0 Å². The molecule has 6 nitrogen and oxygen atoms in total. The second kappa shape index (κ2) is 5.69. The van der Waals surface area contributed by atoms with Crippen LogP contribution in [0.4, 0.5) is 4.79 Å². The summed E-state index contributed by atoms with van der Waals surface area (Å²) in [7, 11) is 3.03. The van der Waals surface area contributed by atoms with Gasteiger partial charge in [-0.15, -0.1) is 0 Å². The van der Waals surface area contributed by atoms with Crippen molar-refractivity contribution in [2.45, 2.75) is 32.4 Å². The molecule has 0 bridgehead atoms. The van der Waals surface area contributed by atoms with Gasteiger partial charge in [0.2, 0.25) is 0 Å². The number of rotatable bonds is 4. The molecule has 0 saturated carbocycles. The monoisotopic (exact) mass is 232 g/mol. The predicted octanol–water partition coefficient (Wildman–Crippen LogP) is 0.526. The molecule has 94 valence electrons. The Labute approximate surface area is 95.6 Å². The average Bonchev–Trinajstić information content (AvgIpc) is 2.10. The fraction of sp³-hybridized carbons (Fsp3) is 0.800. The lowest BCUT2D eigenvalue weighted by Crippen LogP contribution is -2.46. The summed E-state index contributed by atoms with van der Waals surface area (Å²) in [6, 6.07) is -0.794. The van der Waals surface area contributed by atoms with Gasteiger partial charge in [-0.25, -0.2) is 4.79 Å². The van der Waals surface area contributed by atoms with Crippen LogP contribution >= 0.6 is 0 Å². The Balaban J connectivity index is 4.29. The highest BCUT2D eigenvalue weighted by molar-refractivity contribution is 5.75. The van der Waals surface area contributed by atoms with Crippen molar-refractivity contribution in [3.8, 4) is 0 Å². The van der Waals surface area contributed by atoms with E-state index in [1.165, 1.54) is 19.0 Å². The van der Waals surface area contributed by atoms with Crippen LogP contribution in [0.25, 0.3) is 0 Å². The number of carboxylic acids is 1.